The first kappa shape index (κ1) is 15.3. The number of benzene rings is 1. The van der Waals surface area contributed by atoms with Crippen LogP contribution in [-0.2, 0) is 16.0 Å². The van der Waals surface area contributed by atoms with Gasteiger partial charge in [-0.15, -0.1) is 0 Å². The smallest absolute Gasteiger partial charge is 0.174 e. The first-order valence-corrected chi connectivity index (χ1v) is 7.42. The van der Waals surface area contributed by atoms with Crippen LogP contribution >= 0.6 is 0 Å². The number of pyridine rings is 1. The summed E-state index contributed by atoms with van der Waals surface area (Å²) in [6, 6.07) is 8.18. The molecule has 0 radical (unpaired) electrons. The number of Topliss-reactive ketones (excluding diaryl/α,β-unsaturated/α-hetero) is 1. The molecule has 1 unspecified atom stereocenters. The van der Waals surface area contributed by atoms with Crippen LogP contribution in [0.2, 0.25) is 0 Å². The first-order chi connectivity index (χ1) is 11.0. The Bertz CT molecular complexity index is 802. The van der Waals surface area contributed by atoms with Gasteiger partial charge in [0.2, 0.25) is 0 Å². The van der Waals surface area contributed by atoms with E-state index in [0.717, 1.165) is 5.69 Å². The van der Waals surface area contributed by atoms with E-state index < -0.39 is 5.92 Å². The summed E-state index contributed by atoms with van der Waals surface area (Å²) in [6.45, 7) is 3.45. The van der Waals surface area contributed by atoms with Gasteiger partial charge in [-0.1, -0.05) is 6.07 Å². The van der Waals surface area contributed by atoms with Gasteiger partial charge in [-0.05, 0) is 60.9 Å². The Morgan fingerprint density at radius 2 is 1.83 bits per heavy atom. The van der Waals surface area contributed by atoms with Crippen molar-refractivity contribution in [2.24, 2.45) is 0 Å². The highest BCUT2D eigenvalue weighted by Crippen LogP contribution is 2.33. The molecule has 0 amide bonds. The Hall–Kier alpha value is -2.62. The van der Waals surface area contributed by atoms with E-state index >= 15 is 0 Å². The third-order valence-corrected chi connectivity index (χ3v) is 4.12. The molecule has 0 N–H and O–H groups in total. The Balaban J connectivity index is 1.93. The third kappa shape index (κ3) is 2.84. The lowest BCUT2D eigenvalue weighted by Gasteiger charge is -2.15. The number of nitrogens with zero attached hydrogens (tertiary/aromatic N) is 1. The van der Waals surface area contributed by atoms with Crippen molar-refractivity contribution >= 4 is 11.6 Å². The quantitative estimate of drug-likeness (QED) is 0.818. The maximum absolute atomic E-state index is 13.5. The van der Waals surface area contributed by atoms with Crippen LogP contribution in [0.25, 0.3) is 0 Å². The predicted octanol–water partition coefficient (Wildman–Crippen LogP) is 3.24. The van der Waals surface area contributed by atoms with Gasteiger partial charge in [0.25, 0.3) is 0 Å². The molecular formula is C19H16FNO2. The molecule has 1 aromatic heterocycles. The van der Waals surface area contributed by atoms with Crippen LogP contribution in [0, 0.1) is 19.7 Å². The fraction of sp³-hybridized carbons (Fsp3) is 0.211. The molecule has 1 atom stereocenters. The average Bonchev–Trinajstić information content (AvgIpc) is 2.75. The number of aryl methyl sites for hydroxylation is 2. The highest BCUT2D eigenvalue weighted by Gasteiger charge is 2.37. The van der Waals surface area contributed by atoms with Crippen molar-refractivity contribution in [1.29, 1.82) is 0 Å². The Kier molecular flexibility index (Phi) is 3.90. The Labute approximate surface area is 133 Å². The van der Waals surface area contributed by atoms with Crippen LogP contribution in [0.3, 0.4) is 0 Å². The number of hydrogen-bond donors (Lipinski definition) is 0. The Morgan fingerprint density at radius 3 is 2.43 bits per heavy atom. The monoisotopic (exact) mass is 309 g/mol. The van der Waals surface area contributed by atoms with Crippen LogP contribution < -0.4 is 0 Å². The van der Waals surface area contributed by atoms with Crippen molar-refractivity contribution in [2.75, 3.05) is 0 Å². The number of halogens is 1. The lowest BCUT2D eigenvalue weighted by atomic mass is 9.86. The second-order valence-electron chi connectivity index (χ2n) is 5.82. The highest BCUT2D eigenvalue weighted by atomic mass is 19.1. The lowest BCUT2D eigenvalue weighted by Crippen LogP contribution is -2.18. The van der Waals surface area contributed by atoms with E-state index in [4.69, 9.17) is 0 Å². The maximum atomic E-state index is 13.5. The van der Waals surface area contributed by atoms with E-state index in [0.29, 0.717) is 28.7 Å². The minimum absolute atomic E-state index is 0.210. The molecule has 116 valence electrons. The van der Waals surface area contributed by atoms with Crippen LogP contribution in [0.4, 0.5) is 4.39 Å². The van der Waals surface area contributed by atoms with Gasteiger partial charge in [0.1, 0.15) is 11.7 Å². The van der Waals surface area contributed by atoms with Crippen LogP contribution in [0.5, 0.6) is 0 Å². The lowest BCUT2D eigenvalue weighted by molar-refractivity contribution is -0.122. The summed E-state index contributed by atoms with van der Waals surface area (Å²) in [5, 5.41) is 0. The van der Waals surface area contributed by atoms with Crippen molar-refractivity contribution in [3.05, 3.63) is 76.4 Å². The summed E-state index contributed by atoms with van der Waals surface area (Å²) < 4.78 is 13.5. The Morgan fingerprint density at radius 1 is 1.13 bits per heavy atom. The van der Waals surface area contributed by atoms with Gasteiger partial charge in [0.05, 0.1) is 0 Å². The number of hydrogen-bond acceptors (Lipinski definition) is 3. The van der Waals surface area contributed by atoms with E-state index in [1.807, 2.05) is 12.1 Å². The van der Waals surface area contributed by atoms with Crippen molar-refractivity contribution in [3.8, 4) is 0 Å². The molecule has 23 heavy (non-hydrogen) atoms. The molecule has 0 fully saturated rings. The second kappa shape index (κ2) is 5.88. The molecular weight excluding hydrogens is 293 g/mol. The summed E-state index contributed by atoms with van der Waals surface area (Å²) in [5.74, 6) is -1.66. The highest BCUT2D eigenvalue weighted by molar-refractivity contribution is 6.25. The summed E-state index contributed by atoms with van der Waals surface area (Å²) in [4.78, 5) is 29.3. The number of rotatable bonds is 3. The van der Waals surface area contributed by atoms with Crippen LogP contribution in [0.15, 0.2) is 48.2 Å². The van der Waals surface area contributed by atoms with Gasteiger partial charge in [0, 0.05) is 23.9 Å². The topological polar surface area (TPSA) is 47.0 Å². The van der Waals surface area contributed by atoms with E-state index in [-0.39, 0.29) is 17.4 Å². The minimum atomic E-state index is -0.852. The number of carbonyl (C=O) groups excluding carboxylic acids is 2. The van der Waals surface area contributed by atoms with Gasteiger partial charge in [0.15, 0.2) is 11.6 Å². The molecule has 0 spiro atoms. The molecule has 2 aromatic rings. The maximum Gasteiger partial charge on any atom is 0.174 e. The van der Waals surface area contributed by atoms with Crippen LogP contribution in [0.1, 0.15) is 28.3 Å². The van der Waals surface area contributed by atoms with Crippen molar-refractivity contribution in [3.63, 3.8) is 0 Å². The molecule has 0 aliphatic heterocycles. The summed E-state index contributed by atoms with van der Waals surface area (Å²) in [5.41, 5.74) is 3.08. The molecule has 0 saturated carbocycles. The standard InChI is InChI=1S/C19H16FNO2/c1-11-7-14(20)8-12(2)17(11)18-16(22)10-13(19(18)23)9-15-5-3-4-6-21-15/h3-8,10,18H,9H2,1-2H3. The van der Waals surface area contributed by atoms with Gasteiger partial charge in [-0.25, -0.2) is 4.39 Å². The summed E-state index contributed by atoms with van der Waals surface area (Å²) in [7, 11) is 0. The third-order valence-electron chi connectivity index (χ3n) is 4.12. The minimum Gasteiger partial charge on any atom is -0.294 e. The van der Waals surface area contributed by atoms with E-state index in [1.165, 1.54) is 18.2 Å². The molecule has 0 bridgehead atoms. The van der Waals surface area contributed by atoms with Gasteiger partial charge in [-0.3, -0.25) is 14.6 Å². The van der Waals surface area contributed by atoms with Gasteiger partial charge in [-0.2, -0.15) is 0 Å². The van der Waals surface area contributed by atoms with Crippen molar-refractivity contribution in [1.82, 2.24) is 4.98 Å². The SMILES string of the molecule is Cc1cc(F)cc(C)c1C1C(=O)C=C(Cc2ccccn2)C1=O. The largest absolute Gasteiger partial charge is 0.294 e. The summed E-state index contributed by atoms with van der Waals surface area (Å²) >= 11 is 0. The van der Waals surface area contributed by atoms with Crippen molar-refractivity contribution < 1.29 is 14.0 Å². The van der Waals surface area contributed by atoms with Gasteiger partial charge >= 0.3 is 0 Å². The van der Waals surface area contributed by atoms with E-state index in [2.05, 4.69) is 4.98 Å². The zero-order chi connectivity index (χ0) is 16.6. The molecule has 1 aliphatic rings. The fourth-order valence-electron chi connectivity index (χ4n) is 3.13. The zero-order valence-electron chi connectivity index (χ0n) is 13.0. The fourth-order valence-corrected chi connectivity index (χ4v) is 3.13. The molecule has 1 aromatic carbocycles. The van der Waals surface area contributed by atoms with Crippen molar-refractivity contribution in [2.45, 2.75) is 26.2 Å². The summed E-state index contributed by atoms with van der Waals surface area (Å²) in [6.07, 6.45) is 3.40. The number of aromatic nitrogens is 1. The predicted molar refractivity (Wildman–Crippen MR) is 84.7 cm³/mol. The number of carbonyl (C=O) groups is 2. The normalized spacial score (nSPS) is 17.5. The molecule has 3 nitrogen and oxygen atoms in total. The molecule has 4 heteroatoms. The molecule has 1 aliphatic carbocycles. The molecule has 1 heterocycles. The average molecular weight is 309 g/mol. The van der Waals surface area contributed by atoms with E-state index in [1.54, 1.807) is 26.1 Å². The number of ketones is 2. The van der Waals surface area contributed by atoms with E-state index in [9.17, 15) is 14.0 Å². The number of allylic oxidation sites excluding steroid dienone is 2. The first-order valence-electron chi connectivity index (χ1n) is 7.42. The van der Waals surface area contributed by atoms with Crippen LogP contribution in [-0.4, -0.2) is 16.6 Å². The second-order valence-corrected chi connectivity index (χ2v) is 5.82. The molecule has 0 saturated heterocycles. The van der Waals surface area contributed by atoms with Gasteiger partial charge < -0.3 is 0 Å². The molecule has 3 rings (SSSR count). The zero-order valence-corrected chi connectivity index (χ0v) is 13.0.